The maximum absolute atomic E-state index is 12.4. The molecule has 0 spiro atoms. The zero-order valence-electron chi connectivity index (χ0n) is 14.9. The van der Waals surface area contributed by atoms with Crippen LogP contribution in [0.5, 0.6) is 0 Å². The molecule has 1 aromatic heterocycles. The first-order chi connectivity index (χ1) is 13.0. The number of hydrazone groups is 1. The van der Waals surface area contributed by atoms with E-state index in [1.807, 2.05) is 48.7 Å². The number of aryl methyl sites for hydroxylation is 1. The molecule has 0 radical (unpaired) electrons. The first kappa shape index (κ1) is 18.9. The van der Waals surface area contributed by atoms with Crippen LogP contribution in [0.2, 0.25) is 0 Å². The molecule has 1 N–H and O–H groups in total. The van der Waals surface area contributed by atoms with Crippen molar-refractivity contribution in [3.63, 3.8) is 0 Å². The highest BCUT2D eigenvalue weighted by molar-refractivity contribution is 7.89. The van der Waals surface area contributed by atoms with E-state index in [9.17, 15) is 8.42 Å². The Kier molecular flexibility index (Phi) is 5.75. The fourth-order valence-electron chi connectivity index (χ4n) is 2.35. The van der Waals surface area contributed by atoms with E-state index in [2.05, 4.69) is 21.8 Å². The molecule has 1 heterocycles. The molecule has 3 rings (SSSR count). The summed E-state index contributed by atoms with van der Waals surface area (Å²) in [5.74, 6) is 6.25. The Morgan fingerprint density at radius 2 is 1.74 bits per heavy atom. The summed E-state index contributed by atoms with van der Waals surface area (Å²) < 4.78 is 24.8. The summed E-state index contributed by atoms with van der Waals surface area (Å²) in [5, 5.41) is 6.06. The lowest BCUT2D eigenvalue weighted by atomic mass is 10.0. The molecule has 0 aliphatic rings. The predicted octanol–water partition coefficient (Wildman–Crippen LogP) is 4.16. The molecule has 136 valence electrons. The van der Waals surface area contributed by atoms with Gasteiger partial charge in [0.1, 0.15) is 0 Å². The standard InChI is InChI=1S/C21H18N2O2S2/c1-16-9-13-20(14-10-16)27(24,25)23-22-17(2)21-8-4-3-6-18(21)11-12-19-7-5-15-26-19/h3-10,13-15,23H,1-2H3/b22-17+. The van der Waals surface area contributed by atoms with Gasteiger partial charge in [0.2, 0.25) is 0 Å². The Hall–Kier alpha value is -2.88. The maximum Gasteiger partial charge on any atom is 0.276 e. The fourth-order valence-corrected chi connectivity index (χ4v) is 3.77. The summed E-state index contributed by atoms with van der Waals surface area (Å²) in [7, 11) is -3.71. The van der Waals surface area contributed by atoms with Crippen LogP contribution in [0.25, 0.3) is 0 Å². The van der Waals surface area contributed by atoms with Crippen molar-refractivity contribution < 1.29 is 8.42 Å². The van der Waals surface area contributed by atoms with E-state index < -0.39 is 10.0 Å². The van der Waals surface area contributed by atoms with Gasteiger partial charge >= 0.3 is 0 Å². The largest absolute Gasteiger partial charge is 0.276 e. The molecule has 4 nitrogen and oxygen atoms in total. The van der Waals surface area contributed by atoms with Gasteiger partial charge in [-0.05, 0) is 43.5 Å². The number of benzene rings is 2. The van der Waals surface area contributed by atoms with E-state index in [1.165, 1.54) is 0 Å². The zero-order valence-corrected chi connectivity index (χ0v) is 16.6. The number of nitrogens with one attached hydrogen (secondary N) is 1. The number of nitrogens with zero attached hydrogens (tertiary/aromatic N) is 1. The number of sulfonamides is 1. The minimum Gasteiger partial charge on any atom is -0.200 e. The second-order valence-electron chi connectivity index (χ2n) is 5.88. The van der Waals surface area contributed by atoms with Gasteiger partial charge in [0.15, 0.2) is 0 Å². The van der Waals surface area contributed by atoms with Crippen LogP contribution in [0.1, 0.15) is 28.5 Å². The quantitative estimate of drug-likeness (QED) is 0.410. The topological polar surface area (TPSA) is 58.5 Å². The molecule has 3 aromatic rings. The first-order valence-electron chi connectivity index (χ1n) is 8.23. The summed E-state index contributed by atoms with van der Waals surface area (Å²) in [6.45, 7) is 3.66. The van der Waals surface area contributed by atoms with E-state index in [4.69, 9.17) is 0 Å². The van der Waals surface area contributed by atoms with Crippen LogP contribution in [-0.4, -0.2) is 14.1 Å². The lowest BCUT2D eigenvalue weighted by Gasteiger charge is -2.07. The van der Waals surface area contributed by atoms with Gasteiger partial charge < -0.3 is 0 Å². The minimum atomic E-state index is -3.71. The SMILES string of the molecule is C/C(=N\NS(=O)(=O)c1ccc(C)cc1)c1ccccc1C#Cc1cccs1. The van der Waals surface area contributed by atoms with Gasteiger partial charge in [0.25, 0.3) is 10.0 Å². The summed E-state index contributed by atoms with van der Waals surface area (Å²) >= 11 is 1.57. The summed E-state index contributed by atoms with van der Waals surface area (Å²) in [6.07, 6.45) is 0. The van der Waals surface area contributed by atoms with Crippen LogP contribution >= 0.6 is 11.3 Å². The van der Waals surface area contributed by atoms with Crippen molar-refractivity contribution in [2.24, 2.45) is 5.10 Å². The molecule has 0 fully saturated rings. The summed E-state index contributed by atoms with van der Waals surface area (Å²) in [5.41, 5.74) is 3.11. The lowest BCUT2D eigenvalue weighted by Crippen LogP contribution is -2.20. The predicted molar refractivity (Wildman–Crippen MR) is 110 cm³/mol. The Bertz CT molecular complexity index is 1120. The monoisotopic (exact) mass is 394 g/mol. The molecule has 0 aliphatic heterocycles. The Morgan fingerprint density at radius 1 is 1.00 bits per heavy atom. The molecule has 0 saturated carbocycles. The fraction of sp³-hybridized carbons (Fsp3) is 0.0952. The molecular formula is C21H18N2O2S2. The normalized spacial score (nSPS) is 11.6. The third kappa shape index (κ3) is 4.85. The van der Waals surface area contributed by atoms with Crippen LogP contribution in [0.3, 0.4) is 0 Å². The van der Waals surface area contributed by atoms with Crippen LogP contribution < -0.4 is 4.83 Å². The molecule has 0 unspecified atom stereocenters. The molecule has 0 amide bonds. The van der Waals surface area contributed by atoms with Gasteiger partial charge in [0, 0.05) is 11.1 Å². The van der Waals surface area contributed by atoms with Crippen molar-refractivity contribution in [1.82, 2.24) is 4.83 Å². The Balaban J connectivity index is 1.85. The minimum absolute atomic E-state index is 0.176. The van der Waals surface area contributed by atoms with Crippen LogP contribution in [0, 0.1) is 18.8 Å². The van der Waals surface area contributed by atoms with Crippen LogP contribution in [-0.2, 0) is 10.0 Å². The third-order valence-corrected chi connectivity index (χ3v) is 5.83. The van der Waals surface area contributed by atoms with Gasteiger partial charge in [-0.25, -0.2) is 0 Å². The van der Waals surface area contributed by atoms with Gasteiger partial charge in [-0.15, -0.1) is 11.3 Å². The van der Waals surface area contributed by atoms with Crippen molar-refractivity contribution in [2.45, 2.75) is 18.7 Å². The zero-order chi connectivity index (χ0) is 19.3. The second kappa shape index (κ2) is 8.21. The Labute approximate surface area is 163 Å². The number of hydrogen-bond donors (Lipinski definition) is 1. The van der Waals surface area contributed by atoms with Crippen molar-refractivity contribution in [3.8, 4) is 11.8 Å². The molecule has 0 saturated heterocycles. The highest BCUT2D eigenvalue weighted by Gasteiger charge is 2.13. The number of hydrogen-bond acceptors (Lipinski definition) is 4. The average Bonchev–Trinajstić information content (AvgIpc) is 3.19. The van der Waals surface area contributed by atoms with Gasteiger partial charge in [-0.2, -0.15) is 18.4 Å². The van der Waals surface area contributed by atoms with Crippen molar-refractivity contribution >= 4 is 27.1 Å². The smallest absolute Gasteiger partial charge is 0.200 e. The average molecular weight is 395 g/mol. The number of thiophene rings is 1. The molecule has 27 heavy (non-hydrogen) atoms. The van der Waals surface area contributed by atoms with E-state index in [0.717, 1.165) is 21.6 Å². The van der Waals surface area contributed by atoms with Crippen LogP contribution in [0.15, 0.2) is 76.0 Å². The molecule has 0 aliphatic carbocycles. The van der Waals surface area contributed by atoms with Crippen molar-refractivity contribution in [1.29, 1.82) is 0 Å². The molecule has 2 aromatic carbocycles. The molecule has 6 heteroatoms. The van der Waals surface area contributed by atoms with Gasteiger partial charge in [0.05, 0.1) is 15.5 Å². The van der Waals surface area contributed by atoms with E-state index in [-0.39, 0.29) is 4.90 Å². The first-order valence-corrected chi connectivity index (χ1v) is 10.6. The molecule has 0 atom stereocenters. The van der Waals surface area contributed by atoms with E-state index in [0.29, 0.717) is 5.71 Å². The summed E-state index contributed by atoms with van der Waals surface area (Å²) in [4.78, 5) is 3.45. The van der Waals surface area contributed by atoms with Crippen LogP contribution in [0.4, 0.5) is 0 Å². The van der Waals surface area contributed by atoms with E-state index in [1.54, 1.807) is 42.5 Å². The van der Waals surface area contributed by atoms with Gasteiger partial charge in [-0.3, -0.25) is 0 Å². The van der Waals surface area contributed by atoms with E-state index >= 15 is 0 Å². The molecular weight excluding hydrogens is 376 g/mol. The Morgan fingerprint density at radius 3 is 2.44 bits per heavy atom. The summed E-state index contributed by atoms with van der Waals surface area (Å²) in [6, 6.07) is 18.1. The maximum atomic E-state index is 12.4. The van der Waals surface area contributed by atoms with Crippen molar-refractivity contribution in [3.05, 3.63) is 87.6 Å². The van der Waals surface area contributed by atoms with Gasteiger partial charge in [-0.1, -0.05) is 53.8 Å². The highest BCUT2D eigenvalue weighted by Crippen LogP contribution is 2.13. The van der Waals surface area contributed by atoms with Crippen molar-refractivity contribution in [2.75, 3.05) is 0 Å². The lowest BCUT2D eigenvalue weighted by molar-refractivity contribution is 0.584. The second-order valence-corrected chi connectivity index (χ2v) is 8.49. The highest BCUT2D eigenvalue weighted by atomic mass is 32.2. The third-order valence-electron chi connectivity index (χ3n) is 3.82. The molecule has 0 bridgehead atoms. The number of rotatable bonds is 4.